The first-order chi connectivity index (χ1) is 21.4. The molecule has 0 fully saturated rings. The Morgan fingerprint density at radius 3 is 2.32 bits per heavy atom. The smallest absolute Gasteiger partial charge is 0.184 e. The summed E-state index contributed by atoms with van der Waals surface area (Å²) in [6.07, 6.45) is 1.43. The fraction of sp³-hybridized carbons (Fsp3) is 0.289. The van der Waals surface area contributed by atoms with Gasteiger partial charge in [0.25, 0.3) is 0 Å². The van der Waals surface area contributed by atoms with Crippen LogP contribution in [0.25, 0.3) is 33.6 Å². The Morgan fingerprint density at radius 1 is 0.932 bits per heavy atom. The van der Waals surface area contributed by atoms with E-state index in [2.05, 4.69) is 115 Å². The van der Waals surface area contributed by atoms with Crippen LogP contribution in [0, 0.1) is 20.8 Å². The van der Waals surface area contributed by atoms with Crippen molar-refractivity contribution in [3.63, 3.8) is 0 Å². The second kappa shape index (κ2) is 13.0. The van der Waals surface area contributed by atoms with Crippen molar-refractivity contribution in [1.82, 2.24) is 15.0 Å². The quantitative estimate of drug-likeness (QED) is 0.128. The minimum absolute atomic E-state index is 0.333. The Balaban J connectivity index is 1.10. The number of benzene rings is 3. The molecule has 0 radical (unpaired) electrons. The van der Waals surface area contributed by atoms with Gasteiger partial charge in [0.15, 0.2) is 11.9 Å². The zero-order valence-corrected chi connectivity index (χ0v) is 26.3. The molecule has 6 nitrogen and oxygen atoms in total. The molecule has 5 aromatic rings. The highest BCUT2D eigenvalue weighted by Gasteiger charge is 2.22. The summed E-state index contributed by atoms with van der Waals surface area (Å²) < 4.78 is 5.66. The number of nitrogens with zero attached hydrogens (tertiary/aromatic N) is 4. The molecule has 3 aromatic carbocycles. The molecule has 3 heterocycles. The number of pyridine rings is 1. The maximum absolute atomic E-state index is 5.86. The molecule has 44 heavy (non-hydrogen) atoms. The van der Waals surface area contributed by atoms with Gasteiger partial charge < -0.3 is 9.36 Å². The fourth-order valence-corrected chi connectivity index (χ4v) is 6.14. The van der Waals surface area contributed by atoms with Crippen molar-refractivity contribution in [2.75, 3.05) is 13.1 Å². The molecule has 1 aliphatic heterocycles. The minimum Gasteiger partial charge on any atom is -0.385 e. The third kappa shape index (κ3) is 6.51. The van der Waals surface area contributed by atoms with Gasteiger partial charge in [0.05, 0.1) is 11.4 Å². The van der Waals surface area contributed by atoms with E-state index >= 15 is 0 Å². The van der Waals surface area contributed by atoms with Gasteiger partial charge in [0.1, 0.15) is 5.69 Å². The van der Waals surface area contributed by atoms with Crippen molar-refractivity contribution >= 4 is 5.71 Å². The second-order valence-corrected chi connectivity index (χ2v) is 12.0. The van der Waals surface area contributed by atoms with Gasteiger partial charge in [-0.1, -0.05) is 88.7 Å². The van der Waals surface area contributed by atoms with Crippen LogP contribution in [0.15, 0.2) is 94.6 Å². The Kier molecular flexibility index (Phi) is 8.71. The van der Waals surface area contributed by atoms with Gasteiger partial charge in [-0.15, -0.1) is 0 Å². The van der Waals surface area contributed by atoms with E-state index in [0.29, 0.717) is 5.76 Å². The van der Waals surface area contributed by atoms with E-state index < -0.39 is 0 Å². The highest BCUT2D eigenvalue weighted by Crippen LogP contribution is 2.34. The molecule has 0 spiro atoms. The van der Waals surface area contributed by atoms with Gasteiger partial charge in [-0.25, -0.2) is 0 Å². The molecule has 0 amide bonds. The van der Waals surface area contributed by atoms with Gasteiger partial charge in [-0.05, 0) is 62.9 Å². The van der Waals surface area contributed by atoms with Crippen molar-refractivity contribution in [2.24, 2.45) is 5.16 Å². The molecular weight excluding hydrogens is 544 g/mol. The van der Waals surface area contributed by atoms with Crippen LogP contribution in [-0.4, -0.2) is 33.8 Å². The second-order valence-electron chi connectivity index (χ2n) is 12.0. The molecule has 2 aromatic heterocycles. The average molecular weight is 585 g/mol. The summed E-state index contributed by atoms with van der Waals surface area (Å²) in [5, 5.41) is 8.78. The third-order valence-corrected chi connectivity index (χ3v) is 8.40. The fourth-order valence-electron chi connectivity index (χ4n) is 6.14. The Morgan fingerprint density at radius 2 is 1.61 bits per heavy atom. The van der Waals surface area contributed by atoms with Crippen LogP contribution in [0.4, 0.5) is 0 Å². The molecule has 0 saturated heterocycles. The van der Waals surface area contributed by atoms with E-state index in [-0.39, 0.29) is 6.10 Å². The number of rotatable bonds is 9. The molecule has 0 unspecified atom stereocenters. The van der Waals surface area contributed by atoms with Crippen LogP contribution in [0.2, 0.25) is 0 Å². The predicted octanol–water partition coefficient (Wildman–Crippen LogP) is 8.90. The van der Waals surface area contributed by atoms with Crippen LogP contribution in [0.5, 0.6) is 0 Å². The first-order valence-electron chi connectivity index (χ1n) is 15.5. The molecule has 0 saturated carbocycles. The van der Waals surface area contributed by atoms with Gasteiger partial charge in [-0.2, -0.15) is 0 Å². The third-order valence-electron chi connectivity index (χ3n) is 8.40. The summed E-state index contributed by atoms with van der Waals surface area (Å²) in [5.74, 6) is 0.667. The van der Waals surface area contributed by atoms with Crippen LogP contribution in [-0.2, 0) is 17.8 Å². The van der Waals surface area contributed by atoms with Crippen molar-refractivity contribution < 1.29 is 9.36 Å². The number of oxime groups is 1. The highest BCUT2D eigenvalue weighted by atomic mass is 16.6. The highest BCUT2D eigenvalue weighted by molar-refractivity contribution is 5.82. The van der Waals surface area contributed by atoms with Crippen LogP contribution in [0.1, 0.15) is 60.1 Å². The molecule has 1 atom stereocenters. The topological polar surface area (TPSA) is 63.8 Å². The zero-order valence-electron chi connectivity index (χ0n) is 26.3. The molecule has 0 N–H and O–H groups in total. The van der Waals surface area contributed by atoms with E-state index in [1.807, 2.05) is 19.9 Å². The van der Waals surface area contributed by atoms with Crippen LogP contribution >= 0.6 is 0 Å². The van der Waals surface area contributed by atoms with Crippen molar-refractivity contribution in [2.45, 2.75) is 60.1 Å². The molecule has 6 heteroatoms. The van der Waals surface area contributed by atoms with E-state index in [0.717, 1.165) is 60.7 Å². The van der Waals surface area contributed by atoms with Crippen molar-refractivity contribution in [3.8, 4) is 33.6 Å². The lowest BCUT2D eigenvalue weighted by atomic mass is 9.94. The van der Waals surface area contributed by atoms with E-state index in [9.17, 15) is 0 Å². The summed E-state index contributed by atoms with van der Waals surface area (Å²) in [4.78, 5) is 13.6. The Hall–Kier alpha value is -4.55. The van der Waals surface area contributed by atoms with Gasteiger partial charge in [0, 0.05) is 60.9 Å². The molecule has 0 aliphatic carbocycles. The minimum atomic E-state index is -0.333. The molecule has 224 valence electrons. The van der Waals surface area contributed by atoms with Crippen molar-refractivity contribution in [3.05, 3.63) is 119 Å². The first-order valence-corrected chi connectivity index (χ1v) is 15.5. The summed E-state index contributed by atoms with van der Waals surface area (Å²) >= 11 is 0. The largest absolute Gasteiger partial charge is 0.385 e. The molecule has 1 aliphatic rings. The molecule has 0 bridgehead atoms. The first kappa shape index (κ1) is 29.5. The maximum atomic E-state index is 5.86. The summed E-state index contributed by atoms with van der Waals surface area (Å²) in [6, 6.07) is 29.7. The summed E-state index contributed by atoms with van der Waals surface area (Å²) in [5.41, 5.74) is 13.6. The van der Waals surface area contributed by atoms with E-state index in [4.69, 9.17) is 14.3 Å². The monoisotopic (exact) mass is 584 g/mol. The molecular formula is C38H40N4O2. The van der Waals surface area contributed by atoms with Crippen LogP contribution < -0.4 is 0 Å². The SMILES string of the molecule is CC(CCN1CCc2nc(-c3ccccc3)c(-c3ccccc3)cc2C1)=NO[C@@H](C)c1cc(-c2c(C)cc(C)cc2C)no1. The van der Waals surface area contributed by atoms with E-state index in [1.165, 1.54) is 39.1 Å². The number of hydrogen-bond acceptors (Lipinski definition) is 6. The maximum Gasteiger partial charge on any atom is 0.184 e. The number of fused-ring (bicyclic) bond motifs is 1. The standard InChI is InChI=1S/C38H40N4O2/c1-25-20-26(2)37(27(3)21-25)35-23-36(44-41-35)29(5)43-40-28(4)16-18-42-19-17-34-32(24-42)22-33(30-12-8-6-9-13-30)38(39-34)31-14-10-7-11-15-31/h6-15,20-23,29H,16-19,24H2,1-5H3/t29-/m0/s1. The predicted molar refractivity (Wildman–Crippen MR) is 177 cm³/mol. The van der Waals surface area contributed by atoms with Gasteiger partial charge in [-0.3, -0.25) is 9.88 Å². The zero-order chi connectivity index (χ0) is 30.6. The Labute approximate surface area is 260 Å². The van der Waals surface area contributed by atoms with Crippen LogP contribution in [0.3, 0.4) is 0 Å². The van der Waals surface area contributed by atoms with Gasteiger partial charge >= 0.3 is 0 Å². The lowest BCUT2D eigenvalue weighted by Gasteiger charge is -2.29. The average Bonchev–Trinajstić information content (AvgIpc) is 3.52. The number of hydrogen-bond donors (Lipinski definition) is 0. The lowest BCUT2D eigenvalue weighted by Crippen LogP contribution is -2.32. The van der Waals surface area contributed by atoms with Crippen molar-refractivity contribution in [1.29, 1.82) is 0 Å². The normalized spacial score (nSPS) is 14.3. The molecule has 6 rings (SSSR count). The summed E-state index contributed by atoms with van der Waals surface area (Å²) in [7, 11) is 0. The lowest BCUT2D eigenvalue weighted by molar-refractivity contribution is 0.0511. The summed E-state index contributed by atoms with van der Waals surface area (Å²) in [6.45, 7) is 13.1. The number of aryl methyl sites for hydroxylation is 3. The van der Waals surface area contributed by atoms with Gasteiger partial charge in [0.2, 0.25) is 0 Å². The van der Waals surface area contributed by atoms with E-state index in [1.54, 1.807) is 0 Å². The Bertz CT molecular complexity index is 1750. The number of aromatic nitrogens is 2.